The number of rotatable bonds is 11. The molecule has 3 aliphatic heterocycles. The van der Waals surface area contributed by atoms with Crippen molar-refractivity contribution in [2.75, 3.05) is 99.0 Å². The number of nitrogens with zero attached hydrogens (tertiary/aromatic N) is 4. The van der Waals surface area contributed by atoms with Crippen LogP contribution < -0.4 is 14.4 Å². The van der Waals surface area contributed by atoms with Crippen molar-refractivity contribution in [1.82, 2.24) is 19.5 Å². The number of carbonyl (C=O) groups excluding carboxylic acids is 1. The maximum Gasteiger partial charge on any atom is 0.283 e. The molecule has 1 saturated carbocycles. The largest absolute Gasteiger partial charge is 0.485 e. The van der Waals surface area contributed by atoms with Crippen LogP contribution in [0.4, 0.5) is 5.82 Å². The van der Waals surface area contributed by atoms with Gasteiger partial charge in [-0.2, -0.15) is 0 Å². The Morgan fingerprint density at radius 1 is 0.983 bits per heavy atom. The van der Waals surface area contributed by atoms with Gasteiger partial charge in [0.05, 0.1) is 24.5 Å². The summed E-state index contributed by atoms with van der Waals surface area (Å²) in [4.78, 5) is 26.0. The van der Waals surface area contributed by atoms with Crippen molar-refractivity contribution in [3.05, 3.63) is 64.3 Å². The molecule has 0 radical (unpaired) electrons. The molecule has 4 aliphatic rings. The Hall–Kier alpha value is -2.82. The molecule has 0 spiro atoms. The Balaban J connectivity index is 1.36. The minimum absolute atomic E-state index is 0.0249. The standard InChI is InChI=1S/C43H64ClN5O8S/c1-31-9-8-18-43(56-5,30-47-20-22-48(23-21-47)36(28-54-3)29-55-4)37-14-12-33(37)26-49-19-7-6-10-32-25-35(44)13-11-34(32)27-57-39-16-15-38(45-41(39)49)42(50)46-58(51,52)40(31)17-24-53-2/h8,11,13,15-16,18,25,31,33,36-37,40H,6-7,9-10,12,14,17,19-24,26-30H2,1-5H3,(H,46,50)/b18-8+/t31-,33-,37+,40+,43+/m0/s1. The lowest BCUT2D eigenvalue weighted by atomic mass is 9.63. The van der Waals surface area contributed by atoms with Crippen LogP contribution in [0.1, 0.15) is 67.1 Å². The highest BCUT2D eigenvalue weighted by atomic mass is 35.5. The van der Waals surface area contributed by atoms with E-state index in [4.69, 9.17) is 40.3 Å². The number of methoxy groups -OCH3 is 4. The number of hydrogen-bond acceptors (Lipinski definition) is 12. The van der Waals surface area contributed by atoms with Crippen LogP contribution in [0.25, 0.3) is 0 Å². The Bertz CT molecular complexity index is 1800. The molecule has 2 aromatic rings. The normalized spacial score (nSPS) is 28.0. The molecule has 5 atom stereocenters. The van der Waals surface area contributed by atoms with Crippen LogP contribution >= 0.6 is 11.6 Å². The molecule has 2 bridgehead atoms. The quantitative estimate of drug-likeness (QED) is 0.298. The van der Waals surface area contributed by atoms with Crippen LogP contribution in [0, 0.1) is 17.8 Å². The number of pyridine rings is 1. The zero-order valence-electron chi connectivity index (χ0n) is 35.0. The van der Waals surface area contributed by atoms with E-state index in [-0.39, 0.29) is 42.5 Å². The molecule has 1 aliphatic carbocycles. The van der Waals surface area contributed by atoms with Gasteiger partial charge >= 0.3 is 0 Å². The predicted molar refractivity (Wildman–Crippen MR) is 226 cm³/mol. The highest BCUT2D eigenvalue weighted by Gasteiger charge is 2.48. The number of benzene rings is 1. The molecule has 58 heavy (non-hydrogen) atoms. The number of ether oxygens (including phenoxy) is 5. The lowest BCUT2D eigenvalue weighted by Crippen LogP contribution is -2.60. The van der Waals surface area contributed by atoms with E-state index < -0.39 is 26.8 Å². The number of fused-ring (bicyclic) bond motifs is 3. The van der Waals surface area contributed by atoms with Crippen molar-refractivity contribution in [3.8, 4) is 5.75 Å². The Morgan fingerprint density at radius 2 is 1.76 bits per heavy atom. The van der Waals surface area contributed by atoms with Gasteiger partial charge in [-0.1, -0.05) is 36.7 Å². The summed E-state index contributed by atoms with van der Waals surface area (Å²) in [6.45, 7) is 9.34. The van der Waals surface area contributed by atoms with E-state index in [0.29, 0.717) is 62.5 Å². The smallest absolute Gasteiger partial charge is 0.283 e. The van der Waals surface area contributed by atoms with Crippen LogP contribution in [-0.2, 0) is 42.0 Å². The first-order chi connectivity index (χ1) is 28.0. The third kappa shape index (κ3) is 10.7. The van der Waals surface area contributed by atoms with Gasteiger partial charge in [-0.25, -0.2) is 18.1 Å². The highest BCUT2D eigenvalue weighted by molar-refractivity contribution is 7.90. The number of carbonyl (C=O) groups is 1. The fraction of sp³-hybridized carbons (Fsp3) is 0.674. The van der Waals surface area contributed by atoms with Crippen molar-refractivity contribution >= 4 is 33.3 Å². The molecule has 6 rings (SSSR count). The maximum atomic E-state index is 14.0. The first-order valence-electron chi connectivity index (χ1n) is 20.9. The zero-order chi connectivity index (χ0) is 41.3. The van der Waals surface area contributed by atoms with Gasteiger partial charge in [-0.05, 0) is 98.1 Å². The number of hydrogen-bond donors (Lipinski definition) is 1. The SMILES string of the molecule is COCC[C@@H]1[C@@H](C)C/C=C/[C@](CN2CCN(C(COC)COC)CC2)(OC)[C@@H]2CC[C@H]2CN2CCCCc3cc(Cl)ccc3COc3ccc(nc32)C(=O)NS1(=O)=O. The molecule has 0 unspecified atom stereocenters. The molecule has 322 valence electrons. The van der Waals surface area contributed by atoms with Crippen LogP contribution in [0.2, 0.25) is 5.02 Å². The van der Waals surface area contributed by atoms with Gasteiger partial charge < -0.3 is 28.6 Å². The maximum absolute atomic E-state index is 14.0. The van der Waals surface area contributed by atoms with E-state index in [1.54, 1.807) is 33.5 Å². The number of aryl methyl sites for hydroxylation is 1. The van der Waals surface area contributed by atoms with Crippen molar-refractivity contribution in [2.45, 2.75) is 75.4 Å². The van der Waals surface area contributed by atoms with E-state index in [1.165, 1.54) is 0 Å². The third-order valence-electron chi connectivity index (χ3n) is 12.8. The second-order valence-electron chi connectivity index (χ2n) is 16.5. The van der Waals surface area contributed by atoms with Gasteiger partial charge in [-0.15, -0.1) is 0 Å². The number of sulfonamides is 1. The molecule has 1 N–H and O–H groups in total. The fourth-order valence-corrected chi connectivity index (χ4v) is 11.2. The summed E-state index contributed by atoms with van der Waals surface area (Å²) in [5.74, 6) is 0.471. The molecule has 1 saturated heterocycles. The second kappa shape index (κ2) is 20.6. The second-order valence-corrected chi connectivity index (χ2v) is 18.9. The van der Waals surface area contributed by atoms with Gasteiger partial charge in [0.2, 0.25) is 10.0 Å². The predicted octanol–water partition coefficient (Wildman–Crippen LogP) is 5.21. The van der Waals surface area contributed by atoms with Crippen molar-refractivity contribution in [2.24, 2.45) is 17.8 Å². The van der Waals surface area contributed by atoms with Gasteiger partial charge in [0.25, 0.3) is 5.91 Å². The number of allylic oxidation sites excluding steroid dienone is 1. The molecule has 13 nitrogen and oxygen atoms in total. The highest BCUT2D eigenvalue weighted by Crippen LogP contribution is 2.46. The average molecular weight is 847 g/mol. The summed E-state index contributed by atoms with van der Waals surface area (Å²) in [6, 6.07) is 9.41. The molecule has 2 fully saturated rings. The van der Waals surface area contributed by atoms with E-state index in [2.05, 4.69) is 31.6 Å². The summed E-state index contributed by atoms with van der Waals surface area (Å²) < 4.78 is 60.1. The third-order valence-corrected chi connectivity index (χ3v) is 15.0. The topological polar surface area (TPSA) is 132 Å². The average Bonchev–Trinajstić information content (AvgIpc) is 3.22. The molecule has 1 aromatic carbocycles. The zero-order valence-corrected chi connectivity index (χ0v) is 36.6. The van der Waals surface area contributed by atoms with Crippen LogP contribution in [-0.4, -0.2) is 140 Å². The van der Waals surface area contributed by atoms with E-state index in [0.717, 1.165) is 69.4 Å². The molecular weight excluding hydrogens is 782 g/mol. The molecule has 1 aromatic heterocycles. The lowest BCUT2D eigenvalue weighted by Gasteiger charge is -2.52. The number of anilines is 1. The van der Waals surface area contributed by atoms with Crippen molar-refractivity contribution in [1.29, 1.82) is 0 Å². The van der Waals surface area contributed by atoms with Gasteiger partial charge in [0, 0.05) is 85.9 Å². The van der Waals surface area contributed by atoms with Gasteiger partial charge in [0.15, 0.2) is 11.6 Å². The Labute approximate surface area is 350 Å². The number of halogens is 1. The number of nitrogens with one attached hydrogen (secondary N) is 1. The number of aromatic nitrogens is 1. The van der Waals surface area contributed by atoms with Gasteiger partial charge in [0.1, 0.15) is 17.9 Å². The summed E-state index contributed by atoms with van der Waals surface area (Å²) in [5, 5.41) is -0.183. The first kappa shape index (κ1) is 44.7. The summed E-state index contributed by atoms with van der Waals surface area (Å²) >= 11 is 6.42. The summed E-state index contributed by atoms with van der Waals surface area (Å²) in [7, 11) is 2.72. The number of amides is 1. The van der Waals surface area contributed by atoms with Crippen LogP contribution in [0.5, 0.6) is 5.75 Å². The fourth-order valence-electron chi connectivity index (χ4n) is 9.37. The lowest BCUT2D eigenvalue weighted by molar-refractivity contribution is -0.0978. The minimum Gasteiger partial charge on any atom is -0.485 e. The Kier molecular flexibility index (Phi) is 15.9. The minimum atomic E-state index is -4.13. The first-order valence-corrected chi connectivity index (χ1v) is 22.8. The summed E-state index contributed by atoms with van der Waals surface area (Å²) in [6.07, 6.45) is 9.75. The van der Waals surface area contributed by atoms with Crippen LogP contribution in [0.3, 0.4) is 0 Å². The molecular formula is C43H64ClN5O8S. The van der Waals surface area contributed by atoms with Crippen molar-refractivity contribution < 1.29 is 36.9 Å². The van der Waals surface area contributed by atoms with E-state index >= 15 is 0 Å². The summed E-state index contributed by atoms with van der Waals surface area (Å²) in [5.41, 5.74) is 1.62. The molecule has 15 heteroatoms. The van der Waals surface area contributed by atoms with Gasteiger partial charge in [-0.3, -0.25) is 14.6 Å². The van der Waals surface area contributed by atoms with E-state index in [1.807, 2.05) is 32.2 Å². The Morgan fingerprint density at radius 3 is 2.45 bits per heavy atom. The van der Waals surface area contributed by atoms with E-state index in [9.17, 15) is 13.2 Å². The monoisotopic (exact) mass is 845 g/mol. The molecule has 4 heterocycles. The van der Waals surface area contributed by atoms with Crippen LogP contribution in [0.15, 0.2) is 42.5 Å². The van der Waals surface area contributed by atoms with Crippen molar-refractivity contribution in [3.63, 3.8) is 0 Å². The number of piperazine rings is 1. The molecule has 1 amide bonds.